The maximum atomic E-state index is 11.4. The van der Waals surface area contributed by atoms with E-state index >= 15 is 0 Å². The molecule has 0 aliphatic carbocycles. The fourth-order valence-electron chi connectivity index (χ4n) is 3.49. The Kier molecular flexibility index (Phi) is 17.0. The molecule has 0 bridgehead atoms. The zero-order valence-corrected chi connectivity index (χ0v) is 18.2. The van der Waals surface area contributed by atoms with E-state index in [0.717, 1.165) is 19.5 Å². The summed E-state index contributed by atoms with van der Waals surface area (Å²) in [5.41, 5.74) is 6.15. The van der Waals surface area contributed by atoms with Crippen molar-refractivity contribution >= 4 is 5.91 Å². The molecule has 0 aliphatic heterocycles. The molecular formula is C23H46N2O. The number of carbonyl (C=O) groups excluding carboxylic acids is 1. The quantitative estimate of drug-likeness (QED) is 0.231. The van der Waals surface area contributed by atoms with Crippen molar-refractivity contribution in [2.45, 2.75) is 117 Å². The van der Waals surface area contributed by atoms with Gasteiger partial charge in [-0.15, -0.1) is 0 Å². The Balaban J connectivity index is 4.49. The number of unbranched alkanes of at least 4 members (excludes halogenated alkanes) is 10. The van der Waals surface area contributed by atoms with E-state index in [9.17, 15) is 4.79 Å². The van der Waals surface area contributed by atoms with Gasteiger partial charge in [-0.2, -0.15) is 0 Å². The van der Waals surface area contributed by atoms with Gasteiger partial charge in [-0.3, -0.25) is 9.69 Å². The minimum atomic E-state index is -0.289. The van der Waals surface area contributed by atoms with E-state index in [0.29, 0.717) is 11.6 Å². The summed E-state index contributed by atoms with van der Waals surface area (Å²) in [4.78, 5) is 14.0. The minimum absolute atomic E-state index is 0.289. The molecular weight excluding hydrogens is 320 g/mol. The molecule has 3 nitrogen and oxygen atoms in total. The Morgan fingerprint density at radius 3 is 1.62 bits per heavy atom. The molecule has 0 spiro atoms. The molecule has 0 radical (unpaired) electrons. The van der Waals surface area contributed by atoms with Crippen molar-refractivity contribution in [2.75, 3.05) is 13.1 Å². The fourth-order valence-corrected chi connectivity index (χ4v) is 3.49. The predicted molar refractivity (Wildman–Crippen MR) is 115 cm³/mol. The van der Waals surface area contributed by atoms with Gasteiger partial charge >= 0.3 is 0 Å². The van der Waals surface area contributed by atoms with Gasteiger partial charge in [0.25, 0.3) is 0 Å². The lowest BCUT2D eigenvalue weighted by atomic mass is 10.1. The van der Waals surface area contributed by atoms with E-state index in [1.807, 2.05) is 6.92 Å². The van der Waals surface area contributed by atoms with Crippen LogP contribution in [0.5, 0.6) is 0 Å². The molecule has 0 heterocycles. The molecule has 0 aliphatic rings. The summed E-state index contributed by atoms with van der Waals surface area (Å²) < 4.78 is 0. The molecule has 26 heavy (non-hydrogen) atoms. The first kappa shape index (κ1) is 25.2. The second kappa shape index (κ2) is 17.6. The molecule has 0 aromatic heterocycles. The maximum absolute atomic E-state index is 11.4. The van der Waals surface area contributed by atoms with Crippen LogP contribution in [0.1, 0.15) is 111 Å². The van der Waals surface area contributed by atoms with Crippen molar-refractivity contribution in [2.24, 2.45) is 5.73 Å². The van der Waals surface area contributed by atoms with Gasteiger partial charge in [-0.05, 0) is 39.3 Å². The monoisotopic (exact) mass is 366 g/mol. The molecule has 0 saturated carbocycles. The summed E-state index contributed by atoms with van der Waals surface area (Å²) in [6, 6.07) is 0.341. The number of amides is 1. The molecule has 1 atom stereocenters. The standard InChI is InChI=1S/C23H46N2O/c1-5-8-10-12-14-16-18-25(19-17-15-13-11-9-6-2)22(7-3)20-21(4)23(24)26/h20,22H,5-19H2,1-4H3,(H2,24,26). The van der Waals surface area contributed by atoms with Crippen LogP contribution >= 0.6 is 0 Å². The summed E-state index contributed by atoms with van der Waals surface area (Å²) >= 11 is 0. The van der Waals surface area contributed by atoms with Crippen LogP contribution < -0.4 is 5.73 Å². The predicted octanol–water partition coefficient (Wildman–Crippen LogP) is 6.22. The first-order chi connectivity index (χ1) is 12.6. The lowest BCUT2D eigenvalue weighted by Crippen LogP contribution is -2.36. The van der Waals surface area contributed by atoms with E-state index in [2.05, 4.69) is 31.7 Å². The average molecular weight is 367 g/mol. The molecule has 2 N–H and O–H groups in total. The lowest BCUT2D eigenvalue weighted by Gasteiger charge is -2.29. The third kappa shape index (κ3) is 13.4. The molecule has 3 heteroatoms. The van der Waals surface area contributed by atoms with Crippen LogP contribution in [0.25, 0.3) is 0 Å². The highest BCUT2D eigenvalue weighted by molar-refractivity contribution is 5.91. The number of primary amides is 1. The molecule has 0 saturated heterocycles. The maximum Gasteiger partial charge on any atom is 0.244 e. The lowest BCUT2D eigenvalue weighted by molar-refractivity contribution is -0.114. The van der Waals surface area contributed by atoms with Gasteiger partial charge in [0, 0.05) is 11.6 Å². The summed E-state index contributed by atoms with van der Waals surface area (Å²) in [6.07, 6.45) is 19.1. The first-order valence-corrected chi connectivity index (χ1v) is 11.3. The highest BCUT2D eigenvalue weighted by Gasteiger charge is 2.15. The van der Waals surface area contributed by atoms with Gasteiger partial charge in [0.1, 0.15) is 0 Å². The fraction of sp³-hybridized carbons (Fsp3) is 0.870. The van der Waals surface area contributed by atoms with Crippen molar-refractivity contribution in [3.63, 3.8) is 0 Å². The van der Waals surface area contributed by atoms with Crippen LogP contribution in [0.3, 0.4) is 0 Å². The van der Waals surface area contributed by atoms with Gasteiger partial charge in [0.2, 0.25) is 5.91 Å². The molecule has 154 valence electrons. The second-order valence-corrected chi connectivity index (χ2v) is 7.76. The van der Waals surface area contributed by atoms with Gasteiger partial charge in [0.15, 0.2) is 0 Å². The van der Waals surface area contributed by atoms with Crippen LogP contribution in [-0.2, 0) is 4.79 Å². The topological polar surface area (TPSA) is 46.3 Å². The Bertz CT molecular complexity index is 349. The van der Waals surface area contributed by atoms with E-state index in [-0.39, 0.29) is 5.91 Å². The van der Waals surface area contributed by atoms with Crippen molar-refractivity contribution in [3.05, 3.63) is 11.6 Å². The van der Waals surface area contributed by atoms with Crippen LogP contribution in [0.4, 0.5) is 0 Å². The Hall–Kier alpha value is -0.830. The molecule has 0 aromatic rings. The number of nitrogens with zero attached hydrogens (tertiary/aromatic N) is 1. The van der Waals surface area contributed by atoms with E-state index in [1.165, 1.54) is 77.0 Å². The first-order valence-electron chi connectivity index (χ1n) is 11.3. The summed E-state index contributed by atoms with van der Waals surface area (Å²) in [7, 11) is 0. The van der Waals surface area contributed by atoms with Crippen LogP contribution in [0.2, 0.25) is 0 Å². The van der Waals surface area contributed by atoms with E-state index in [1.54, 1.807) is 0 Å². The summed E-state index contributed by atoms with van der Waals surface area (Å²) in [5.74, 6) is -0.289. The van der Waals surface area contributed by atoms with Gasteiger partial charge < -0.3 is 5.73 Å². The number of rotatable bonds is 18. The third-order valence-electron chi connectivity index (χ3n) is 5.32. The number of carbonyl (C=O) groups is 1. The molecule has 0 aromatic carbocycles. The Morgan fingerprint density at radius 2 is 1.23 bits per heavy atom. The normalized spacial score (nSPS) is 13.3. The Morgan fingerprint density at radius 1 is 0.808 bits per heavy atom. The third-order valence-corrected chi connectivity index (χ3v) is 5.32. The largest absolute Gasteiger partial charge is 0.366 e. The SMILES string of the molecule is CCCCCCCCN(CCCCCCCC)C(C=C(C)C(N)=O)CC. The highest BCUT2D eigenvalue weighted by Crippen LogP contribution is 2.15. The zero-order valence-electron chi connectivity index (χ0n) is 18.2. The number of nitrogens with two attached hydrogens (primary N) is 1. The molecule has 1 amide bonds. The van der Waals surface area contributed by atoms with Crippen LogP contribution in [0, 0.1) is 0 Å². The Labute approximate surface area is 163 Å². The average Bonchev–Trinajstić information content (AvgIpc) is 2.63. The second-order valence-electron chi connectivity index (χ2n) is 7.76. The zero-order chi connectivity index (χ0) is 19.6. The smallest absolute Gasteiger partial charge is 0.244 e. The molecule has 1 unspecified atom stereocenters. The van der Waals surface area contributed by atoms with Crippen LogP contribution in [0.15, 0.2) is 11.6 Å². The molecule has 0 rings (SSSR count). The summed E-state index contributed by atoms with van der Waals surface area (Å²) in [5, 5.41) is 0. The minimum Gasteiger partial charge on any atom is -0.366 e. The summed E-state index contributed by atoms with van der Waals surface area (Å²) in [6.45, 7) is 10.9. The number of hydrogen-bond donors (Lipinski definition) is 1. The highest BCUT2D eigenvalue weighted by atomic mass is 16.1. The van der Waals surface area contributed by atoms with Crippen molar-refractivity contribution in [1.29, 1.82) is 0 Å². The van der Waals surface area contributed by atoms with Gasteiger partial charge in [-0.1, -0.05) is 91.1 Å². The van der Waals surface area contributed by atoms with E-state index < -0.39 is 0 Å². The van der Waals surface area contributed by atoms with E-state index in [4.69, 9.17) is 5.73 Å². The molecule has 0 fully saturated rings. The van der Waals surface area contributed by atoms with Crippen molar-refractivity contribution < 1.29 is 4.79 Å². The van der Waals surface area contributed by atoms with Crippen LogP contribution in [-0.4, -0.2) is 29.9 Å². The van der Waals surface area contributed by atoms with Gasteiger partial charge in [-0.25, -0.2) is 0 Å². The number of hydrogen-bond acceptors (Lipinski definition) is 2. The van der Waals surface area contributed by atoms with Crippen molar-refractivity contribution in [1.82, 2.24) is 4.90 Å². The van der Waals surface area contributed by atoms with Gasteiger partial charge in [0.05, 0.1) is 0 Å². The van der Waals surface area contributed by atoms with Crippen molar-refractivity contribution in [3.8, 4) is 0 Å².